The Morgan fingerprint density at radius 2 is 1.87 bits per heavy atom. The van der Waals surface area contributed by atoms with E-state index in [0.717, 1.165) is 41.0 Å². The number of thiocarbonyl (C=S) groups is 1. The molecule has 3 aromatic rings. The Hall–Kier alpha value is -2.77. The van der Waals surface area contributed by atoms with Crippen molar-refractivity contribution in [1.82, 2.24) is 24.7 Å². The Labute approximate surface area is 188 Å². The summed E-state index contributed by atoms with van der Waals surface area (Å²) in [5.41, 5.74) is 5.34. The molecule has 162 valence electrons. The molecule has 1 aliphatic heterocycles. The van der Waals surface area contributed by atoms with Crippen LogP contribution in [0.25, 0.3) is 5.69 Å². The van der Waals surface area contributed by atoms with Gasteiger partial charge in [0.2, 0.25) is 0 Å². The highest BCUT2D eigenvalue weighted by atomic mass is 32.1. The number of halogens is 1. The Morgan fingerprint density at radius 3 is 2.52 bits per heavy atom. The quantitative estimate of drug-likeness (QED) is 0.586. The number of hydrogen-bond acceptors (Lipinski definition) is 3. The zero-order valence-corrected chi connectivity index (χ0v) is 19.2. The van der Waals surface area contributed by atoms with E-state index in [9.17, 15) is 4.39 Å². The smallest absolute Gasteiger partial charge is 0.170 e. The van der Waals surface area contributed by atoms with E-state index < -0.39 is 0 Å². The van der Waals surface area contributed by atoms with Crippen LogP contribution in [-0.2, 0) is 0 Å². The highest BCUT2D eigenvalue weighted by Crippen LogP contribution is 2.41. The fourth-order valence-electron chi connectivity index (χ4n) is 4.37. The molecular formula is C24H28FN5S. The van der Waals surface area contributed by atoms with Crippen LogP contribution in [0.2, 0.25) is 0 Å². The fourth-order valence-corrected chi connectivity index (χ4v) is 4.70. The number of likely N-dealkylation sites (N-methyl/N-ethyl adjacent to an activating group) is 1. The lowest BCUT2D eigenvalue weighted by atomic mass is 9.97. The maximum atomic E-state index is 13.5. The maximum Gasteiger partial charge on any atom is 0.170 e. The largest absolute Gasteiger partial charge is 0.352 e. The second-order valence-electron chi connectivity index (χ2n) is 8.26. The average molecular weight is 438 g/mol. The summed E-state index contributed by atoms with van der Waals surface area (Å²) in [5.74, 6) is -0.234. The van der Waals surface area contributed by atoms with Crippen molar-refractivity contribution in [3.8, 4) is 5.69 Å². The number of rotatable bonds is 6. The molecule has 0 spiro atoms. The van der Waals surface area contributed by atoms with Gasteiger partial charge in [0.25, 0.3) is 0 Å². The molecule has 0 aliphatic carbocycles. The van der Waals surface area contributed by atoms with Crippen LogP contribution in [0.4, 0.5) is 4.39 Å². The second-order valence-corrected chi connectivity index (χ2v) is 8.65. The van der Waals surface area contributed by atoms with Crippen molar-refractivity contribution in [2.75, 3.05) is 27.2 Å². The minimum absolute atomic E-state index is 0.0164. The molecule has 1 saturated heterocycles. The van der Waals surface area contributed by atoms with Gasteiger partial charge in [0.1, 0.15) is 5.82 Å². The molecule has 4 rings (SSSR count). The van der Waals surface area contributed by atoms with Crippen molar-refractivity contribution in [2.24, 2.45) is 0 Å². The van der Waals surface area contributed by atoms with Gasteiger partial charge in [-0.2, -0.15) is 0 Å². The number of benzene rings is 1. The van der Waals surface area contributed by atoms with E-state index in [1.165, 1.54) is 17.7 Å². The third kappa shape index (κ3) is 4.20. The van der Waals surface area contributed by atoms with Gasteiger partial charge in [0, 0.05) is 36.4 Å². The summed E-state index contributed by atoms with van der Waals surface area (Å²) >= 11 is 5.76. The Kier molecular flexibility index (Phi) is 6.07. The highest BCUT2D eigenvalue weighted by Gasteiger charge is 2.41. The van der Waals surface area contributed by atoms with Crippen LogP contribution in [0, 0.1) is 19.7 Å². The summed E-state index contributed by atoms with van der Waals surface area (Å²) in [6.45, 7) is 5.91. The van der Waals surface area contributed by atoms with Gasteiger partial charge in [-0.3, -0.25) is 4.98 Å². The van der Waals surface area contributed by atoms with Crippen LogP contribution in [0.15, 0.2) is 54.7 Å². The molecule has 0 bridgehead atoms. The van der Waals surface area contributed by atoms with E-state index in [4.69, 9.17) is 12.2 Å². The van der Waals surface area contributed by atoms with E-state index in [0.29, 0.717) is 0 Å². The molecule has 0 saturated carbocycles. The Balaban J connectivity index is 1.80. The van der Waals surface area contributed by atoms with Gasteiger partial charge in [-0.05, 0) is 88.2 Å². The van der Waals surface area contributed by atoms with Gasteiger partial charge >= 0.3 is 0 Å². The molecule has 2 atom stereocenters. The number of aromatic nitrogens is 2. The monoisotopic (exact) mass is 437 g/mol. The van der Waals surface area contributed by atoms with Gasteiger partial charge < -0.3 is 19.7 Å². The predicted molar refractivity (Wildman–Crippen MR) is 126 cm³/mol. The van der Waals surface area contributed by atoms with Gasteiger partial charge in [-0.15, -0.1) is 0 Å². The minimum Gasteiger partial charge on any atom is -0.352 e. The molecule has 1 N–H and O–H groups in total. The van der Waals surface area contributed by atoms with Crippen molar-refractivity contribution >= 4 is 17.3 Å². The molecule has 1 aliphatic rings. The van der Waals surface area contributed by atoms with E-state index in [2.05, 4.69) is 58.7 Å². The molecule has 1 aromatic carbocycles. The number of nitrogens with one attached hydrogen (secondary N) is 1. The summed E-state index contributed by atoms with van der Waals surface area (Å²) < 4.78 is 15.7. The molecule has 31 heavy (non-hydrogen) atoms. The third-order valence-corrected chi connectivity index (χ3v) is 6.21. The lowest BCUT2D eigenvalue weighted by molar-refractivity contribution is 0.277. The number of aryl methyl sites for hydroxylation is 1. The normalized spacial score (nSPS) is 18.6. The first kappa shape index (κ1) is 21.5. The van der Waals surface area contributed by atoms with Crippen molar-refractivity contribution in [3.05, 3.63) is 83.2 Å². The third-order valence-electron chi connectivity index (χ3n) is 5.86. The Morgan fingerprint density at radius 1 is 1.13 bits per heavy atom. The van der Waals surface area contributed by atoms with E-state index in [-0.39, 0.29) is 17.9 Å². The fraction of sp³-hybridized carbons (Fsp3) is 0.333. The van der Waals surface area contributed by atoms with Gasteiger partial charge in [-0.1, -0.05) is 6.07 Å². The van der Waals surface area contributed by atoms with Gasteiger partial charge in [-0.25, -0.2) is 4.39 Å². The standard InChI is InChI=1S/C24H28FN5S/c1-16-15-20(17(2)30(16)19-10-8-18(25)9-11-19)23-22(21-7-5-6-12-26-21)27-24(31)29(23)14-13-28(3)4/h5-12,15,22-23H,13-14H2,1-4H3,(H,27,31)/t22-,23-/m0/s1. The zero-order chi connectivity index (χ0) is 22.1. The molecule has 3 heterocycles. The topological polar surface area (TPSA) is 36.3 Å². The van der Waals surface area contributed by atoms with E-state index in [1.54, 1.807) is 0 Å². The first-order valence-corrected chi connectivity index (χ1v) is 10.8. The lowest BCUT2D eigenvalue weighted by Crippen LogP contribution is -2.35. The SMILES string of the molecule is Cc1cc([C@H]2[C@H](c3ccccn3)NC(=S)N2CCN(C)C)c(C)n1-c1ccc(F)cc1. The molecule has 7 heteroatoms. The molecule has 1 fully saturated rings. The Bertz CT molecular complexity index is 1060. The molecule has 0 amide bonds. The van der Waals surface area contributed by atoms with Gasteiger partial charge in [0.15, 0.2) is 5.11 Å². The van der Waals surface area contributed by atoms with Crippen molar-refractivity contribution in [3.63, 3.8) is 0 Å². The van der Waals surface area contributed by atoms with Crippen molar-refractivity contribution < 1.29 is 4.39 Å². The highest BCUT2D eigenvalue weighted by molar-refractivity contribution is 7.80. The number of pyridine rings is 1. The van der Waals surface area contributed by atoms with Crippen molar-refractivity contribution in [2.45, 2.75) is 25.9 Å². The van der Waals surface area contributed by atoms with Crippen LogP contribution < -0.4 is 5.32 Å². The van der Waals surface area contributed by atoms with Crippen LogP contribution >= 0.6 is 12.2 Å². The van der Waals surface area contributed by atoms with E-state index >= 15 is 0 Å². The number of nitrogens with zero attached hydrogens (tertiary/aromatic N) is 4. The van der Waals surface area contributed by atoms with Crippen LogP contribution in [0.1, 0.15) is 34.7 Å². The molecule has 0 unspecified atom stereocenters. The summed E-state index contributed by atoms with van der Waals surface area (Å²) in [7, 11) is 4.14. The molecular weight excluding hydrogens is 409 g/mol. The van der Waals surface area contributed by atoms with Crippen LogP contribution in [-0.4, -0.2) is 51.6 Å². The number of hydrogen-bond donors (Lipinski definition) is 1. The minimum atomic E-state index is -0.234. The first-order valence-electron chi connectivity index (χ1n) is 10.4. The summed E-state index contributed by atoms with van der Waals surface area (Å²) in [6, 6.07) is 14.8. The molecule has 5 nitrogen and oxygen atoms in total. The predicted octanol–water partition coefficient (Wildman–Crippen LogP) is 4.16. The summed E-state index contributed by atoms with van der Waals surface area (Å²) in [6.07, 6.45) is 1.82. The lowest BCUT2D eigenvalue weighted by Gasteiger charge is -2.29. The summed E-state index contributed by atoms with van der Waals surface area (Å²) in [4.78, 5) is 9.05. The first-order chi connectivity index (χ1) is 14.9. The van der Waals surface area contributed by atoms with Gasteiger partial charge in [0.05, 0.1) is 17.8 Å². The van der Waals surface area contributed by atoms with Crippen LogP contribution in [0.3, 0.4) is 0 Å². The average Bonchev–Trinajstić information content (AvgIpc) is 3.23. The molecule has 0 radical (unpaired) electrons. The molecule has 2 aromatic heterocycles. The summed E-state index contributed by atoms with van der Waals surface area (Å²) in [5, 5.41) is 4.26. The zero-order valence-electron chi connectivity index (χ0n) is 18.3. The van der Waals surface area contributed by atoms with Crippen molar-refractivity contribution in [1.29, 1.82) is 0 Å². The van der Waals surface area contributed by atoms with E-state index in [1.807, 2.05) is 36.5 Å². The van der Waals surface area contributed by atoms with Crippen LogP contribution in [0.5, 0.6) is 0 Å². The maximum absolute atomic E-state index is 13.5. The second kappa shape index (κ2) is 8.77.